The maximum atomic E-state index is 12.6. The van der Waals surface area contributed by atoms with E-state index in [9.17, 15) is 4.79 Å². The van der Waals surface area contributed by atoms with Gasteiger partial charge in [0.25, 0.3) is 5.91 Å². The molecule has 128 valence electrons. The van der Waals surface area contributed by atoms with E-state index in [4.69, 9.17) is 0 Å². The third-order valence-corrected chi connectivity index (χ3v) is 4.78. The number of allylic oxidation sites excluding steroid dienone is 2. The number of unbranched alkanes of at least 4 members (excludes halogenated alkanes) is 2. The van der Waals surface area contributed by atoms with E-state index in [1.54, 1.807) is 0 Å². The Bertz CT molecular complexity index is 620. The first-order valence-corrected chi connectivity index (χ1v) is 9.55. The third-order valence-electron chi connectivity index (χ3n) is 3.72. The van der Waals surface area contributed by atoms with Gasteiger partial charge in [0.05, 0.1) is 4.91 Å². The first-order chi connectivity index (χ1) is 11.8. The minimum absolute atomic E-state index is 0.0846. The number of rotatable bonds is 8. The maximum Gasteiger partial charge on any atom is 0.266 e. The maximum absolute atomic E-state index is 12.6. The van der Waals surface area contributed by atoms with Gasteiger partial charge in [0.15, 0.2) is 5.17 Å². The molecule has 1 fully saturated rings. The molecule has 0 atom stereocenters. The number of nitrogens with zero attached hydrogens (tertiary/aromatic N) is 2. The van der Waals surface area contributed by atoms with Crippen LogP contribution < -0.4 is 0 Å². The smallest absolute Gasteiger partial charge is 0.266 e. The molecule has 3 nitrogen and oxygen atoms in total. The van der Waals surface area contributed by atoms with Crippen molar-refractivity contribution in [3.05, 3.63) is 53.0 Å². The van der Waals surface area contributed by atoms with E-state index in [2.05, 4.69) is 18.8 Å². The molecular weight excluding hydrogens is 316 g/mol. The first-order valence-electron chi connectivity index (χ1n) is 8.73. The lowest BCUT2D eigenvalue weighted by Gasteiger charge is -2.14. The Labute approximate surface area is 149 Å². The predicted octanol–water partition coefficient (Wildman–Crippen LogP) is 5.12. The lowest BCUT2D eigenvalue weighted by atomic mass is 10.2. The molecule has 1 aliphatic heterocycles. The SMILES string of the molecule is CCCCN=C1S/C(=C\C=C\c2ccccc2)C(=O)N1CCCC. The second-order valence-corrected chi connectivity index (χ2v) is 6.74. The molecule has 1 amide bonds. The fraction of sp³-hybridized carbons (Fsp3) is 0.400. The molecule has 0 aliphatic carbocycles. The largest absolute Gasteiger partial charge is 0.287 e. The summed E-state index contributed by atoms with van der Waals surface area (Å²) in [5.74, 6) is 0.0846. The number of hydrogen-bond donors (Lipinski definition) is 0. The molecule has 0 unspecified atom stereocenters. The van der Waals surface area contributed by atoms with Crippen LogP contribution in [0.5, 0.6) is 0 Å². The predicted molar refractivity (Wildman–Crippen MR) is 105 cm³/mol. The van der Waals surface area contributed by atoms with Crippen LogP contribution in [0.15, 0.2) is 52.4 Å². The molecule has 1 aromatic carbocycles. The average Bonchev–Trinajstić information content (AvgIpc) is 2.90. The highest BCUT2D eigenvalue weighted by Gasteiger charge is 2.32. The van der Waals surface area contributed by atoms with Crippen LogP contribution in [-0.2, 0) is 4.79 Å². The van der Waals surface area contributed by atoms with E-state index in [0.717, 1.165) is 54.4 Å². The summed E-state index contributed by atoms with van der Waals surface area (Å²) in [7, 11) is 0. The van der Waals surface area contributed by atoms with Gasteiger partial charge in [-0.15, -0.1) is 0 Å². The standard InChI is InChI=1S/C20H26N2OS/c1-3-5-15-21-20-22(16-6-4-2)19(23)18(24-20)14-10-13-17-11-8-7-9-12-17/h7-14H,3-6,15-16H2,1-2H3/b13-10+,18-14-,21-20?. The molecule has 0 saturated carbocycles. The summed E-state index contributed by atoms with van der Waals surface area (Å²) in [6.07, 6.45) is 10.1. The van der Waals surface area contributed by atoms with Crippen molar-refractivity contribution in [3.8, 4) is 0 Å². The molecule has 24 heavy (non-hydrogen) atoms. The highest BCUT2D eigenvalue weighted by Crippen LogP contribution is 2.31. The van der Waals surface area contributed by atoms with Gasteiger partial charge in [-0.3, -0.25) is 14.7 Å². The molecule has 2 rings (SSSR count). The van der Waals surface area contributed by atoms with Crippen molar-refractivity contribution in [3.63, 3.8) is 0 Å². The number of carbonyl (C=O) groups excluding carboxylic acids is 1. The monoisotopic (exact) mass is 342 g/mol. The topological polar surface area (TPSA) is 32.7 Å². The summed E-state index contributed by atoms with van der Waals surface area (Å²) in [6, 6.07) is 10.1. The first kappa shape index (κ1) is 18.5. The van der Waals surface area contributed by atoms with Crippen molar-refractivity contribution in [1.29, 1.82) is 0 Å². The average molecular weight is 343 g/mol. The second-order valence-electron chi connectivity index (χ2n) is 5.73. The summed E-state index contributed by atoms with van der Waals surface area (Å²) < 4.78 is 0. The summed E-state index contributed by atoms with van der Waals surface area (Å²) in [5, 5.41) is 0.862. The molecule has 0 N–H and O–H groups in total. The quantitative estimate of drug-likeness (QED) is 0.485. The van der Waals surface area contributed by atoms with Crippen LogP contribution in [0.2, 0.25) is 0 Å². The Morgan fingerprint density at radius 2 is 1.88 bits per heavy atom. The molecular formula is C20H26N2OS. The van der Waals surface area contributed by atoms with Crippen LogP contribution in [0.25, 0.3) is 6.08 Å². The summed E-state index contributed by atoms with van der Waals surface area (Å²) in [5.41, 5.74) is 1.13. The fourth-order valence-corrected chi connectivity index (χ4v) is 3.28. The van der Waals surface area contributed by atoms with Gasteiger partial charge in [0.1, 0.15) is 0 Å². The molecule has 0 bridgehead atoms. The minimum Gasteiger partial charge on any atom is -0.287 e. The Hall–Kier alpha value is -1.81. The highest BCUT2D eigenvalue weighted by atomic mass is 32.2. The van der Waals surface area contributed by atoms with Crippen molar-refractivity contribution in [2.24, 2.45) is 4.99 Å². The number of benzene rings is 1. The molecule has 0 aromatic heterocycles. The van der Waals surface area contributed by atoms with Crippen LogP contribution in [0.4, 0.5) is 0 Å². The zero-order valence-electron chi connectivity index (χ0n) is 14.6. The fourth-order valence-electron chi connectivity index (χ4n) is 2.30. The van der Waals surface area contributed by atoms with Gasteiger partial charge >= 0.3 is 0 Å². The normalized spacial score (nSPS) is 18.4. The Balaban J connectivity index is 2.09. The third kappa shape index (κ3) is 5.38. The number of amides is 1. The van der Waals surface area contributed by atoms with E-state index in [1.807, 2.05) is 53.5 Å². The molecule has 1 aliphatic rings. The Morgan fingerprint density at radius 1 is 1.12 bits per heavy atom. The van der Waals surface area contributed by atoms with Crippen LogP contribution in [0.3, 0.4) is 0 Å². The lowest BCUT2D eigenvalue weighted by molar-refractivity contribution is -0.122. The summed E-state index contributed by atoms with van der Waals surface area (Å²) in [6.45, 7) is 5.84. The van der Waals surface area contributed by atoms with E-state index in [0.29, 0.717) is 0 Å². The Kier molecular flexibility index (Phi) is 7.83. The second kappa shape index (κ2) is 10.1. The molecule has 0 radical (unpaired) electrons. The summed E-state index contributed by atoms with van der Waals surface area (Å²) >= 11 is 1.50. The molecule has 4 heteroatoms. The highest BCUT2D eigenvalue weighted by molar-refractivity contribution is 8.18. The van der Waals surface area contributed by atoms with Crippen LogP contribution in [-0.4, -0.2) is 29.1 Å². The van der Waals surface area contributed by atoms with Crippen molar-refractivity contribution in [2.75, 3.05) is 13.1 Å². The van der Waals surface area contributed by atoms with Gasteiger partial charge < -0.3 is 0 Å². The van der Waals surface area contributed by atoms with Gasteiger partial charge in [-0.05, 0) is 36.2 Å². The van der Waals surface area contributed by atoms with Crippen LogP contribution in [0, 0.1) is 0 Å². The molecule has 0 spiro atoms. The molecule has 1 aromatic rings. The van der Waals surface area contributed by atoms with Crippen molar-refractivity contribution >= 4 is 28.9 Å². The number of thioether (sulfide) groups is 1. The van der Waals surface area contributed by atoms with E-state index in [-0.39, 0.29) is 5.91 Å². The van der Waals surface area contributed by atoms with E-state index < -0.39 is 0 Å². The Morgan fingerprint density at radius 3 is 2.58 bits per heavy atom. The summed E-state index contributed by atoms with van der Waals surface area (Å²) in [4.78, 5) is 19.9. The van der Waals surface area contributed by atoms with Gasteiger partial charge in [-0.25, -0.2) is 0 Å². The molecule has 1 saturated heterocycles. The van der Waals surface area contributed by atoms with Gasteiger partial charge in [-0.1, -0.05) is 69.2 Å². The lowest BCUT2D eigenvalue weighted by Crippen LogP contribution is -2.30. The van der Waals surface area contributed by atoms with Gasteiger partial charge in [0.2, 0.25) is 0 Å². The number of carbonyl (C=O) groups is 1. The zero-order chi connectivity index (χ0) is 17.2. The van der Waals surface area contributed by atoms with Crippen molar-refractivity contribution in [2.45, 2.75) is 39.5 Å². The van der Waals surface area contributed by atoms with E-state index in [1.165, 1.54) is 11.8 Å². The van der Waals surface area contributed by atoms with Gasteiger partial charge in [0, 0.05) is 13.1 Å². The number of hydrogen-bond acceptors (Lipinski definition) is 3. The van der Waals surface area contributed by atoms with Crippen molar-refractivity contribution in [1.82, 2.24) is 4.90 Å². The zero-order valence-corrected chi connectivity index (χ0v) is 15.4. The van der Waals surface area contributed by atoms with E-state index >= 15 is 0 Å². The minimum atomic E-state index is 0.0846. The number of aliphatic imine (C=N–C) groups is 1. The number of amidine groups is 1. The van der Waals surface area contributed by atoms with Crippen molar-refractivity contribution < 1.29 is 4.79 Å². The van der Waals surface area contributed by atoms with Crippen LogP contribution >= 0.6 is 11.8 Å². The van der Waals surface area contributed by atoms with Crippen LogP contribution in [0.1, 0.15) is 45.1 Å². The van der Waals surface area contributed by atoms with Gasteiger partial charge in [-0.2, -0.15) is 0 Å². The molecule has 1 heterocycles.